The molecule has 4 aromatic rings. The normalized spacial score (nSPS) is 11.2. The summed E-state index contributed by atoms with van der Waals surface area (Å²) in [5.41, 5.74) is 4.97. The molecule has 0 fully saturated rings. The molecule has 4 rings (SSSR count). The van der Waals surface area contributed by atoms with E-state index >= 15 is 0 Å². The Morgan fingerprint density at radius 2 is 1.94 bits per heavy atom. The third-order valence-electron chi connectivity index (χ3n) is 4.81. The average molecular weight is 452 g/mol. The van der Waals surface area contributed by atoms with Crippen molar-refractivity contribution in [2.45, 2.75) is 6.92 Å². The van der Waals surface area contributed by atoms with Crippen LogP contribution in [0.2, 0.25) is 10.0 Å². The van der Waals surface area contributed by atoms with Gasteiger partial charge < -0.3 is 15.0 Å². The number of nitrogens with zero attached hydrogens (tertiary/aromatic N) is 1. The molecule has 31 heavy (non-hydrogen) atoms. The lowest BCUT2D eigenvalue weighted by Gasteiger charge is -2.09. The third kappa shape index (κ3) is 4.58. The minimum Gasteiger partial charge on any atom is -0.495 e. The molecule has 0 unspecified atom stereocenters. The number of carbonyl (C=O) groups excluding carboxylic acids is 1. The molecule has 1 heterocycles. The Labute approximate surface area is 189 Å². The van der Waals surface area contributed by atoms with Crippen LogP contribution in [0.5, 0.6) is 5.75 Å². The molecule has 3 aromatic carbocycles. The molecule has 5 nitrogen and oxygen atoms in total. The first-order valence-electron chi connectivity index (χ1n) is 9.52. The van der Waals surface area contributed by atoms with Gasteiger partial charge in [-0.3, -0.25) is 4.79 Å². The number of methoxy groups -OCH3 is 1. The summed E-state index contributed by atoms with van der Waals surface area (Å²) in [7, 11) is 1.51. The maximum atomic E-state index is 12.6. The zero-order valence-corrected chi connectivity index (χ0v) is 18.4. The molecule has 1 amide bonds. The lowest BCUT2D eigenvalue weighted by Crippen LogP contribution is -2.09. The molecule has 1 aromatic heterocycles. The minimum atomic E-state index is -0.289. The van der Waals surface area contributed by atoms with Gasteiger partial charge in [-0.1, -0.05) is 47.5 Å². The number of amides is 1. The first-order valence-corrected chi connectivity index (χ1v) is 10.3. The molecule has 0 aliphatic carbocycles. The number of anilines is 1. The molecule has 0 atom stereocenters. The van der Waals surface area contributed by atoms with Crippen molar-refractivity contribution in [2.75, 3.05) is 12.4 Å². The Kier molecular flexibility index (Phi) is 5.98. The number of H-pyrrole nitrogens is 1. The Balaban J connectivity index is 1.57. The third-order valence-corrected chi connectivity index (χ3v) is 5.31. The van der Waals surface area contributed by atoms with E-state index in [-0.39, 0.29) is 5.91 Å². The summed E-state index contributed by atoms with van der Waals surface area (Å²) in [6.45, 7) is 1.93. The molecule has 0 aliphatic heterocycles. The van der Waals surface area contributed by atoms with E-state index in [0.717, 1.165) is 28.0 Å². The second-order valence-corrected chi connectivity index (χ2v) is 7.81. The van der Waals surface area contributed by atoms with Gasteiger partial charge in [0.1, 0.15) is 11.6 Å². The molecule has 0 spiro atoms. The van der Waals surface area contributed by atoms with Crippen LogP contribution in [0.3, 0.4) is 0 Å². The number of ether oxygens (including phenoxy) is 1. The molecule has 0 saturated carbocycles. The van der Waals surface area contributed by atoms with Crippen LogP contribution in [0.1, 0.15) is 11.1 Å². The van der Waals surface area contributed by atoms with Crippen LogP contribution in [0.4, 0.5) is 5.69 Å². The average Bonchev–Trinajstić information content (AvgIpc) is 3.18. The van der Waals surface area contributed by atoms with Gasteiger partial charge in [-0.05, 0) is 48.9 Å². The number of hydrogen-bond acceptors (Lipinski definition) is 3. The number of aromatic nitrogens is 2. The predicted octanol–water partition coefficient (Wildman–Crippen LogP) is 6.51. The fraction of sp³-hybridized carbons (Fsp3) is 0.0833. The highest BCUT2D eigenvalue weighted by atomic mass is 35.5. The van der Waals surface area contributed by atoms with E-state index in [4.69, 9.17) is 27.9 Å². The number of para-hydroxylation sites is 2. The first-order chi connectivity index (χ1) is 14.9. The van der Waals surface area contributed by atoms with E-state index in [9.17, 15) is 4.79 Å². The molecule has 0 saturated heterocycles. The van der Waals surface area contributed by atoms with Crippen molar-refractivity contribution in [1.29, 1.82) is 0 Å². The number of nitrogens with one attached hydrogen (secondary N) is 2. The fourth-order valence-corrected chi connectivity index (χ4v) is 3.84. The van der Waals surface area contributed by atoms with Crippen LogP contribution in [-0.4, -0.2) is 23.0 Å². The quantitative estimate of drug-likeness (QED) is 0.340. The lowest BCUT2D eigenvalue weighted by atomic mass is 10.1. The molecule has 7 heteroatoms. The topological polar surface area (TPSA) is 67.0 Å². The number of aromatic amines is 1. The summed E-state index contributed by atoms with van der Waals surface area (Å²) >= 11 is 12.2. The van der Waals surface area contributed by atoms with Crippen LogP contribution in [0.15, 0.2) is 60.7 Å². The van der Waals surface area contributed by atoms with Crippen molar-refractivity contribution in [2.24, 2.45) is 0 Å². The zero-order valence-electron chi connectivity index (χ0n) is 16.9. The number of aryl methyl sites for hydroxylation is 1. The maximum absolute atomic E-state index is 12.6. The smallest absolute Gasteiger partial charge is 0.248 e. The van der Waals surface area contributed by atoms with E-state index in [1.807, 2.05) is 49.4 Å². The monoisotopic (exact) mass is 451 g/mol. The Morgan fingerprint density at radius 1 is 1.13 bits per heavy atom. The summed E-state index contributed by atoms with van der Waals surface area (Å²) in [4.78, 5) is 20.5. The molecule has 0 aliphatic rings. The van der Waals surface area contributed by atoms with Gasteiger partial charge in [0.15, 0.2) is 0 Å². The highest BCUT2D eigenvalue weighted by Crippen LogP contribution is 2.33. The van der Waals surface area contributed by atoms with Crippen LogP contribution < -0.4 is 10.1 Å². The summed E-state index contributed by atoms with van der Waals surface area (Å²) < 4.78 is 5.31. The van der Waals surface area contributed by atoms with Crippen molar-refractivity contribution in [3.8, 4) is 17.1 Å². The Hall–Kier alpha value is -3.28. The van der Waals surface area contributed by atoms with E-state index < -0.39 is 0 Å². The SMILES string of the molecule is COc1c(Cl)cc(Cl)cc1/C=C/C(=O)Nc1cc(-c2nc3ccccc3[nH]2)ccc1C. The molecule has 156 valence electrons. The standard InChI is InChI=1S/C24H19Cl2N3O2/c1-14-7-8-16(24-28-19-5-3-4-6-20(19)29-24)12-21(14)27-22(30)10-9-15-11-17(25)13-18(26)23(15)31-2/h3-13H,1-2H3,(H,27,30)(H,28,29)/b10-9+. The van der Waals surface area contributed by atoms with Gasteiger partial charge in [0.2, 0.25) is 5.91 Å². The van der Waals surface area contributed by atoms with Crippen LogP contribution in [0, 0.1) is 6.92 Å². The second-order valence-electron chi connectivity index (χ2n) is 6.96. The van der Waals surface area contributed by atoms with Gasteiger partial charge in [-0.15, -0.1) is 0 Å². The van der Waals surface area contributed by atoms with Gasteiger partial charge in [0.25, 0.3) is 0 Å². The van der Waals surface area contributed by atoms with Crippen LogP contribution in [0.25, 0.3) is 28.5 Å². The van der Waals surface area contributed by atoms with Crippen molar-refractivity contribution in [3.05, 3.63) is 81.8 Å². The highest BCUT2D eigenvalue weighted by molar-refractivity contribution is 6.36. The van der Waals surface area contributed by atoms with Crippen molar-refractivity contribution >= 4 is 51.9 Å². The van der Waals surface area contributed by atoms with Crippen molar-refractivity contribution < 1.29 is 9.53 Å². The Bertz CT molecular complexity index is 1280. The minimum absolute atomic E-state index is 0.289. The van der Waals surface area contributed by atoms with Gasteiger partial charge in [-0.25, -0.2) is 4.98 Å². The van der Waals surface area contributed by atoms with Crippen molar-refractivity contribution in [3.63, 3.8) is 0 Å². The number of fused-ring (bicyclic) bond motifs is 1. The van der Waals surface area contributed by atoms with E-state index in [1.54, 1.807) is 18.2 Å². The van der Waals surface area contributed by atoms with Gasteiger partial charge in [0, 0.05) is 27.9 Å². The predicted molar refractivity (Wildman–Crippen MR) is 127 cm³/mol. The number of imidazole rings is 1. The fourth-order valence-electron chi connectivity index (χ4n) is 3.25. The molecule has 0 bridgehead atoms. The molecular formula is C24H19Cl2N3O2. The number of halogens is 2. The van der Waals surface area contributed by atoms with Crippen LogP contribution >= 0.6 is 23.2 Å². The van der Waals surface area contributed by atoms with Gasteiger partial charge >= 0.3 is 0 Å². The Morgan fingerprint density at radius 3 is 2.71 bits per heavy atom. The van der Waals surface area contributed by atoms with E-state index in [0.29, 0.717) is 27.0 Å². The van der Waals surface area contributed by atoms with E-state index in [1.165, 1.54) is 13.2 Å². The second kappa shape index (κ2) is 8.84. The van der Waals surface area contributed by atoms with Gasteiger partial charge in [-0.2, -0.15) is 0 Å². The highest BCUT2D eigenvalue weighted by Gasteiger charge is 2.10. The zero-order chi connectivity index (χ0) is 22.0. The number of benzene rings is 3. The van der Waals surface area contributed by atoms with Crippen LogP contribution in [-0.2, 0) is 4.79 Å². The first kappa shape index (κ1) is 21.0. The number of hydrogen-bond donors (Lipinski definition) is 2. The molecular weight excluding hydrogens is 433 g/mol. The number of carbonyl (C=O) groups is 1. The van der Waals surface area contributed by atoms with Gasteiger partial charge in [0.05, 0.1) is 23.2 Å². The number of rotatable bonds is 5. The summed E-state index contributed by atoms with van der Waals surface area (Å²) in [6.07, 6.45) is 3.03. The summed E-state index contributed by atoms with van der Waals surface area (Å²) in [5.74, 6) is 0.909. The summed E-state index contributed by atoms with van der Waals surface area (Å²) in [5, 5.41) is 3.75. The van der Waals surface area contributed by atoms with Crippen molar-refractivity contribution in [1.82, 2.24) is 9.97 Å². The molecule has 0 radical (unpaired) electrons. The molecule has 2 N–H and O–H groups in total. The lowest BCUT2D eigenvalue weighted by molar-refractivity contribution is -0.111. The van der Waals surface area contributed by atoms with E-state index in [2.05, 4.69) is 15.3 Å². The maximum Gasteiger partial charge on any atom is 0.248 e. The summed E-state index contributed by atoms with van der Waals surface area (Å²) in [6, 6.07) is 16.9. The largest absolute Gasteiger partial charge is 0.495 e.